The molecule has 0 atom stereocenters. The predicted octanol–water partition coefficient (Wildman–Crippen LogP) is 1.79. The number of hydrogen-bond acceptors (Lipinski definition) is 3. The highest BCUT2D eigenvalue weighted by Crippen LogP contribution is 2.20. The molecule has 1 saturated heterocycles. The van der Waals surface area contributed by atoms with Crippen LogP contribution in [0.25, 0.3) is 0 Å². The van der Waals surface area contributed by atoms with Gasteiger partial charge in [-0.15, -0.1) is 0 Å². The van der Waals surface area contributed by atoms with E-state index in [1.54, 1.807) is 16.8 Å². The molecule has 0 aliphatic carbocycles. The minimum Gasteiger partial charge on any atom is -0.481 e. The number of nitrogens with zero attached hydrogens (tertiary/aromatic N) is 2. The van der Waals surface area contributed by atoms with E-state index in [0.717, 1.165) is 12.8 Å². The minimum absolute atomic E-state index is 0.0371. The molecule has 0 aromatic heterocycles. The molecule has 20 heavy (non-hydrogen) atoms. The summed E-state index contributed by atoms with van der Waals surface area (Å²) in [6, 6.07) is 0.0663. The lowest BCUT2D eigenvalue weighted by Crippen LogP contribution is -2.54. The SMILES string of the molecule is CN(C(=O)N(CCC(=O)O)C(C)(C)C)C1CCOCC1. The summed E-state index contributed by atoms with van der Waals surface area (Å²) >= 11 is 0. The molecule has 0 spiro atoms. The molecule has 1 aliphatic heterocycles. The first-order valence-electron chi connectivity index (χ1n) is 7.07. The Morgan fingerprint density at radius 2 is 1.80 bits per heavy atom. The number of carboxylic acids is 1. The van der Waals surface area contributed by atoms with Gasteiger partial charge in [0, 0.05) is 38.4 Å². The fourth-order valence-corrected chi connectivity index (χ4v) is 2.34. The molecule has 116 valence electrons. The molecule has 6 nitrogen and oxygen atoms in total. The Balaban J connectivity index is 2.72. The number of urea groups is 1. The van der Waals surface area contributed by atoms with Crippen molar-refractivity contribution in [3.05, 3.63) is 0 Å². The summed E-state index contributed by atoms with van der Waals surface area (Å²) in [6.07, 6.45) is 1.63. The van der Waals surface area contributed by atoms with E-state index in [9.17, 15) is 9.59 Å². The van der Waals surface area contributed by atoms with E-state index in [0.29, 0.717) is 13.2 Å². The molecule has 6 heteroatoms. The van der Waals surface area contributed by atoms with Gasteiger partial charge in [0.25, 0.3) is 0 Å². The smallest absolute Gasteiger partial charge is 0.320 e. The van der Waals surface area contributed by atoms with Gasteiger partial charge in [0.1, 0.15) is 0 Å². The van der Waals surface area contributed by atoms with Crippen molar-refractivity contribution in [3.63, 3.8) is 0 Å². The van der Waals surface area contributed by atoms with Crippen LogP contribution in [0.3, 0.4) is 0 Å². The molecule has 1 fully saturated rings. The molecule has 1 rings (SSSR count). The zero-order valence-electron chi connectivity index (χ0n) is 12.9. The number of aliphatic carboxylic acids is 1. The van der Waals surface area contributed by atoms with Crippen molar-refractivity contribution in [2.75, 3.05) is 26.8 Å². The Labute approximate surface area is 120 Å². The van der Waals surface area contributed by atoms with Gasteiger partial charge in [0.05, 0.1) is 6.42 Å². The summed E-state index contributed by atoms with van der Waals surface area (Å²) in [7, 11) is 1.79. The molecule has 2 amide bonds. The normalized spacial score (nSPS) is 16.8. The van der Waals surface area contributed by atoms with Crippen molar-refractivity contribution >= 4 is 12.0 Å². The first-order chi connectivity index (χ1) is 9.23. The van der Waals surface area contributed by atoms with Crippen LogP contribution in [0.1, 0.15) is 40.0 Å². The average Bonchev–Trinajstić information content (AvgIpc) is 2.37. The molecule has 1 heterocycles. The summed E-state index contributed by atoms with van der Waals surface area (Å²) in [4.78, 5) is 26.7. The maximum atomic E-state index is 12.6. The van der Waals surface area contributed by atoms with Crippen LogP contribution in [0.4, 0.5) is 4.79 Å². The van der Waals surface area contributed by atoms with E-state index in [2.05, 4.69) is 0 Å². The molecule has 0 aromatic rings. The zero-order valence-corrected chi connectivity index (χ0v) is 12.9. The van der Waals surface area contributed by atoms with Crippen LogP contribution in [0.15, 0.2) is 0 Å². The Kier molecular flexibility index (Phi) is 5.80. The molecule has 0 radical (unpaired) electrons. The summed E-state index contributed by atoms with van der Waals surface area (Å²) in [6.45, 7) is 7.34. The number of ether oxygens (including phenoxy) is 1. The van der Waals surface area contributed by atoms with E-state index in [-0.39, 0.29) is 25.0 Å². The van der Waals surface area contributed by atoms with E-state index < -0.39 is 11.5 Å². The van der Waals surface area contributed by atoms with Gasteiger partial charge in [-0.2, -0.15) is 0 Å². The van der Waals surface area contributed by atoms with Crippen LogP contribution in [0.5, 0.6) is 0 Å². The van der Waals surface area contributed by atoms with Crippen molar-refractivity contribution in [3.8, 4) is 0 Å². The first kappa shape index (κ1) is 16.8. The second-order valence-corrected chi connectivity index (χ2v) is 6.20. The van der Waals surface area contributed by atoms with Gasteiger partial charge in [-0.3, -0.25) is 4.79 Å². The second-order valence-electron chi connectivity index (χ2n) is 6.20. The third-order valence-electron chi connectivity index (χ3n) is 3.63. The second kappa shape index (κ2) is 6.92. The van der Waals surface area contributed by atoms with Crippen molar-refractivity contribution in [1.29, 1.82) is 0 Å². The third-order valence-corrected chi connectivity index (χ3v) is 3.63. The van der Waals surface area contributed by atoms with Gasteiger partial charge in [-0.25, -0.2) is 4.79 Å². The maximum absolute atomic E-state index is 12.6. The Morgan fingerprint density at radius 1 is 1.25 bits per heavy atom. The highest BCUT2D eigenvalue weighted by molar-refractivity contribution is 5.76. The average molecular weight is 286 g/mol. The fraction of sp³-hybridized carbons (Fsp3) is 0.857. The van der Waals surface area contributed by atoms with Gasteiger partial charge in [0.15, 0.2) is 0 Å². The lowest BCUT2D eigenvalue weighted by molar-refractivity contribution is -0.137. The van der Waals surface area contributed by atoms with Crippen LogP contribution in [-0.4, -0.2) is 65.3 Å². The lowest BCUT2D eigenvalue weighted by atomic mass is 10.0. The highest BCUT2D eigenvalue weighted by Gasteiger charge is 2.32. The largest absolute Gasteiger partial charge is 0.481 e. The van der Waals surface area contributed by atoms with E-state index in [1.807, 2.05) is 20.8 Å². The van der Waals surface area contributed by atoms with Crippen molar-refractivity contribution in [1.82, 2.24) is 9.80 Å². The molecule has 1 N–H and O–H groups in total. The Bertz CT molecular complexity index is 346. The molecular weight excluding hydrogens is 260 g/mol. The number of rotatable bonds is 4. The molecular formula is C14H26N2O4. The predicted molar refractivity (Wildman–Crippen MR) is 75.7 cm³/mol. The Hall–Kier alpha value is -1.30. The number of carbonyl (C=O) groups is 2. The monoisotopic (exact) mass is 286 g/mol. The number of carbonyl (C=O) groups excluding carboxylic acids is 1. The summed E-state index contributed by atoms with van der Waals surface area (Å²) in [5, 5.41) is 8.83. The van der Waals surface area contributed by atoms with Gasteiger partial charge < -0.3 is 19.6 Å². The fourth-order valence-electron chi connectivity index (χ4n) is 2.34. The van der Waals surface area contributed by atoms with E-state index in [4.69, 9.17) is 9.84 Å². The standard InChI is InChI=1S/C14H26N2O4/c1-14(2,3)16(8-5-12(17)18)13(19)15(4)11-6-9-20-10-7-11/h11H,5-10H2,1-4H3,(H,17,18). The quantitative estimate of drug-likeness (QED) is 0.855. The highest BCUT2D eigenvalue weighted by atomic mass is 16.5. The van der Waals surface area contributed by atoms with Gasteiger partial charge in [-0.05, 0) is 33.6 Å². The van der Waals surface area contributed by atoms with Crippen molar-refractivity contribution < 1.29 is 19.4 Å². The number of carboxylic acid groups (broad SMARTS) is 1. The van der Waals surface area contributed by atoms with Crippen LogP contribution in [-0.2, 0) is 9.53 Å². The van der Waals surface area contributed by atoms with E-state index >= 15 is 0 Å². The van der Waals surface area contributed by atoms with Gasteiger partial charge in [-0.1, -0.05) is 0 Å². The van der Waals surface area contributed by atoms with Crippen LogP contribution < -0.4 is 0 Å². The van der Waals surface area contributed by atoms with Crippen LogP contribution in [0.2, 0.25) is 0 Å². The summed E-state index contributed by atoms with van der Waals surface area (Å²) < 4.78 is 5.31. The topological polar surface area (TPSA) is 70.1 Å². The zero-order chi connectivity index (χ0) is 15.3. The minimum atomic E-state index is -0.888. The molecule has 0 aromatic carbocycles. The molecule has 0 unspecified atom stereocenters. The van der Waals surface area contributed by atoms with Gasteiger partial charge in [0.2, 0.25) is 0 Å². The number of amides is 2. The molecule has 0 bridgehead atoms. The Morgan fingerprint density at radius 3 is 2.25 bits per heavy atom. The number of hydrogen-bond donors (Lipinski definition) is 1. The first-order valence-corrected chi connectivity index (χ1v) is 7.07. The van der Waals surface area contributed by atoms with Gasteiger partial charge >= 0.3 is 12.0 Å². The third kappa shape index (κ3) is 4.67. The van der Waals surface area contributed by atoms with E-state index in [1.165, 1.54) is 0 Å². The molecule has 1 aliphatic rings. The molecule has 0 saturated carbocycles. The lowest BCUT2D eigenvalue weighted by Gasteiger charge is -2.41. The van der Waals surface area contributed by atoms with Crippen molar-refractivity contribution in [2.24, 2.45) is 0 Å². The van der Waals surface area contributed by atoms with Crippen LogP contribution >= 0.6 is 0 Å². The summed E-state index contributed by atoms with van der Waals surface area (Å²) in [5.74, 6) is -0.888. The van der Waals surface area contributed by atoms with Crippen LogP contribution in [0, 0.1) is 0 Å². The van der Waals surface area contributed by atoms with Crippen molar-refractivity contribution in [2.45, 2.75) is 51.6 Å². The summed E-state index contributed by atoms with van der Waals surface area (Å²) in [5.41, 5.74) is -0.397. The maximum Gasteiger partial charge on any atom is 0.320 e.